The van der Waals surface area contributed by atoms with Crippen LogP contribution in [0.15, 0.2) is 15.7 Å². The van der Waals surface area contributed by atoms with E-state index in [-0.39, 0.29) is 12.1 Å². The van der Waals surface area contributed by atoms with Crippen LogP contribution in [0, 0.1) is 19.4 Å². The summed E-state index contributed by atoms with van der Waals surface area (Å²) in [5.41, 5.74) is 7.54. The van der Waals surface area contributed by atoms with Gasteiger partial charge < -0.3 is 26.6 Å². The van der Waals surface area contributed by atoms with Crippen molar-refractivity contribution in [3.05, 3.63) is 43.9 Å². The van der Waals surface area contributed by atoms with Gasteiger partial charge >= 0.3 is 5.69 Å². The van der Waals surface area contributed by atoms with E-state index in [4.69, 9.17) is 18.1 Å². The van der Waals surface area contributed by atoms with E-state index in [9.17, 15) is 9.59 Å². The third-order valence-electron chi connectivity index (χ3n) is 6.95. The average molecular weight is 426 g/mol. The van der Waals surface area contributed by atoms with E-state index < -0.39 is 16.8 Å². The highest BCUT2D eigenvalue weighted by atomic mass is 16.2. The summed E-state index contributed by atoms with van der Waals surface area (Å²) in [4.78, 5) is 31.7. The highest BCUT2D eigenvalue weighted by Crippen LogP contribution is 2.40. The van der Waals surface area contributed by atoms with Crippen molar-refractivity contribution in [1.82, 2.24) is 14.6 Å². The summed E-state index contributed by atoms with van der Waals surface area (Å²) in [6.07, 6.45) is 2.72. The maximum Gasteiger partial charge on any atom is 0.350 e. The van der Waals surface area contributed by atoms with Crippen molar-refractivity contribution in [3.8, 4) is 0 Å². The van der Waals surface area contributed by atoms with Crippen LogP contribution in [-0.4, -0.2) is 41.0 Å². The second-order valence-corrected chi connectivity index (χ2v) is 9.42. The van der Waals surface area contributed by atoms with Crippen LogP contribution in [0.25, 0.3) is 15.7 Å². The lowest BCUT2D eigenvalue weighted by molar-refractivity contribution is 0.309. The Balaban J connectivity index is 1.82. The standard InChI is InChI=1S/C22H31N7O2/c1-12-16(27-9-8-13(11-27)19(25-4)22(2,3)26-5)10-15(23)17-18(12)28(14-6-7-14)21(31)29(24)20(17)30/h10,13-14,19,25H,6-9,11,23-24H2,1-4H3. The van der Waals surface area contributed by atoms with Gasteiger partial charge in [-0.15, -0.1) is 0 Å². The van der Waals surface area contributed by atoms with Gasteiger partial charge in [0.25, 0.3) is 5.56 Å². The quantitative estimate of drug-likeness (QED) is 0.377. The minimum absolute atomic E-state index is 0.0539. The molecule has 1 aliphatic heterocycles. The monoisotopic (exact) mass is 425 g/mol. The predicted octanol–water partition coefficient (Wildman–Crippen LogP) is 1.21. The van der Waals surface area contributed by atoms with E-state index in [2.05, 4.69) is 15.1 Å². The average Bonchev–Trinajstić information content (AvgIpc) is 3.46. The van der Waals surface area contributed by atoms with Gasteiger partial charge in [0.15, 0.2) is 0 Å². The molecular weight excluding hydrogens is 394 g/mol. The van der Waals surface area contributed by atoms with E-state index in [1.165, 1.54) is 0 Å². The molecule has 0 spiro atoms. The fourth-order valence-corrected chi connectivity index (χ4v) is 5.23. The van der Waals surface area contributed by atoms with E-state index in [1.54, 1.807) is 4.57 Å². The number of aryl methyl sites for hydroxylation is 1. The zero-order chi connectivity index (χ0) is 22.7. The topological polar surface area (TPSA) is 116 Å². The van der Waals surface area contributed by atoms with Gasteiger partial charge in [0.05, 0.1) is 16.9 Å². The molecule has 0 bridgehead atoms. The molecule has 4 rings (SSSR count). The van der Waals surface area contributed by atoms with Gasteiger partial charge in [-0.25, -0.2) is 11.4 Å². The highest BCUT2D eigenvalue weighted by molar-refractivity contribution is 5.96. The van der Waals surface area contributed by atoms with Crippen molar-refractivity contribution in [2.75, 3.05) is 36.6 Å². The number of rotatable bonds is 5. The zero-order valence-electron chi connectivity index (χ0n) is 18.6. The molecule has 2 aromatic rings. The van der Waals surface area contributed by atoms with Gasteiger partial charge in [-0.3, -0.25) is 9.36 Å². The first kappa shape index (κ1) is 21.2. The van der Waals surface area contributed by atoms with Crippen molar-refractivity contribution >= 4 is 22.3 Å². The minimum Gasteiger partial charge on any atom is -0.398 e. The number of anilines is 2. The molecule has 1 aromatic heterocycles. The molecule has 9 heteroatoms. The van der Waals surface area contributed by atoms with Gasteiger partial charge in [0, 0.05) is 50.3 Å². The number of aromatic nitrogens is 2. The van der Waals surface area contributed by atoms with Crippen LogP contribution in [0.2, 0.25) is 0 Å². The Hall–Kier alpha value is -2.99. The van der Waals surface area contributed by atoms with Crippen LogP contribution in [-0.2, 0) is 0 Å². The predicted molar refractivity (Wildman–Crippen MR) is 124 cm³/mol. The smallest absolute Gasteiger partial charge is 0.350 e. The zero-order valence-corrected chi connectivity index (χ0v) is 18.6. The molecule has 1 aromatic carbocycles. The number of nitrogens with one attached hydrogen (secondary N) is 1. The first-order chi connectivity index (χ1) is 14.6. The number of likely N-dealkylation sites (N-methyl/N-ethyl adjacent to an activating group) is 1. The Morgan fingerprint density at radius 3 is 2.55 bits per heavy atom. The van der Waals surface area contributed by atoms with Crippen molar-refractivity contribution in [2.24, 2.45) is 5.92 Å². The van der Waals surface area contributed by atoms with E-state index in [1.807, 2.05) is 33.9 Å². The summed E-state index contributed by atoms with van der Waals surface area (Å²) < 4.78 is 2.32. The number of fused-ring (bicyclic) bond motifs is 1. The Bertz CT molecular complexity index is 1200. The maximum atomic E-state index is 12.8. The molecular formula is C22H31N7O2. The second-order valence-electron chi connectivity index (χ2n) is 9.42. The normalized spacial score (nSPS) is 20.2. The Morgan fingerprint density at radius 1 is 1.29 bits per heavy atom. The molecule has 2 aliphatic rings. The molecule has 5 N–H and O–H groups in total. The SMILES string of the molecule is [C-]#[N+]C(C)(C)C(NC)C1CCN(c2cc(N)c3c(=O)n(N)c(=O)n(C4CC4)c3c2C)C1. The third-order valence-corrected chi connectivity index (χ3v) is 6.95. The maximum absolute atomic E-state index is 12.8. The lowest BCUT2D eigenvalue weighted by Gasteiger charge is -2.30. The van der Waals surface area contributed by atoms with Crippen LogP contribution in [0.3, 0.4) is 0 Å². The van der Waals surface area contributed by atoms with Crippen molar-refractivity contribution in [1.29, 1.82) is 0 Å². The van der Waals surface area contributed by atoms with Crippen LogP contribution < -0.4 is 33.0 Å². The lowest BCUT2D eigenvalue weighted by Crippen LogP contribution is -2.49. The van der Waals surface area contributed by atoms with Gasteiger partial charge in [0.1, 0.15) is 0 Å². The summed E-state index contributed by atoms with van der Waals surface area (Å²) in [5, 5.41) is 3.66. The summed E-state index contributed by atoms with van der Waals surface area (Å²) in [6.45, 7) is 15.1. The Kier molecular flexibility index (Phi) is 5.01. The minimum atomic E-state index is -0.558. The largest absolute Gasteiger partial charge is 0.398 e. The summed E-state index contributed by atoms with van der Waals surface area (Å²) in [7, 11) is 1.91. The van der Waals surface area contributed by atoms with Gasteiger partial charge in [0.2, 0.25) is 5.54 Å². The molecule has 0 radical (unpaired) electrons. The number of hydrogen-bond acceptors (Lipinski definition) is 6. The lowest BCUT2D eigenvalue weighted by atomic mass is 9.84. The number of hydrogen-bond donors (Lipinski definition) is 3. The van der Waals surface area contributed by atoms with Crippen molar-refractivity contribution < 1.29 is 0 Å². The van der Waals surface area contributed by atoms with E-state index in [0.717, 1.165) is 43.6 Å². The van der Waals surface area contributed by atoms with Gasteiger partial charge in [-0.1, -0.05) is 0 Å². The van der Waals surface area contributed by atoms with E-state index in [0.29, 0.717) is 27.2 Å². The second kappa shape index (κ2) is 7.31. The fourth-order valence-electron chi connectivity index (χ4n) is 5.23. The van der Waals surface area contributed by atoms with Gasteiger partial charge in [-0.2, -0.15) is 4.68 Å². The molecule has 2 unspecified atom stereocenters. The molecule has 2 fully saturated rings. The number of benzene rings is 1. The molecule has 1 saturated carbocycles. The van der Waals surface area contributed by atoms with Crippen molar-refractivity contribution in [2.45, 2.75) is 57.7 Å². The van der Waals surface area contributed by atoms with Crippen LogP contribution in [0.1, 0.15) is 44.7 Å². The molecule has 31 heavy (non-hydrogen) atoms. The molecule has 2 atom stereocenters. The Labute approximate surface area is 181 Å². The summed E-state index contributed by atoms with van der Waals surface area (Å²) in [5.74, 6) is 6.09. The molecule has 1 saturated heterocycles. The molecule has 0 amide bonds. The molecule has 1 aliphatic carbocycles. The summed E-state index contributed by atoms with van der Waals surface area (Å²) in [6, 6.07) is 1.94. The number of nitrogens with zero attached hydrogens (tertiary/aromatic N) is 4. The van der Waals surface area contributed by atoms with Crippen LogP contribution >= 0.6 is 0 Å². The van der Waals surface area contributed by atoms with Gasteiger partial charge in [-0.05, 0) is 44.9 Å². The number of nitrogens with two attached hydrogens (primary N) is 2. The van der Waals surface area contributed by atoms with Crippen molar-refractivity contribution in [3.63, 3.8) is 0 Å². The molecule has 2 heterocycles. The first-order valence-electron chi connectivity index (χ1n) is 10.8. The summed E-state index contributed by atoms with van der Waals surface area (Å²) >= 11 is 0. The first-order valence-corrected chi connectivity index (χ1v) is 10.8. The van der Waals surface area contributed by atoms with E-state index >= 15 is 0 Å². The Morgan fingerprint density at radius 2 is 1.97 bits per heavy atom. The molecule has 9 nitrogen and oxygen atoms in total. The highest BCUT2D eigenvalue weighted by Gasteiger charge is 2.43. The third kappa shape index (κ3) is 3.26. The molecule has 166 valence electrons. The van der Waals surface area contributed by atoms with Crippen LogP contribution in [0.5, 0.6) is 0 Å². The number of nitrogen functional groups attached to an aromatic ring is 2. The fraction of sp³-hybridized carbons (Fsp3) is 0.591. The van der Waals surface area contributed by atoms with Crippen LogP contribution in [0.4, 0.5) is 11.4 Å².